The first-order chi connectivity index (χ1) is 17.6. The molecule has 198 valence electrons. The second-order valence-corrected chi connectivity index (χ2v) is 11.2. The van der Waals surface area contributed by atoms with Crippen LogP contribution in [-0.4, -0.2) is 61.7 Å². The highest BCUT2D eigenvalue weighted by atomic mass is 32.2. The van der Waals surface area contributed by atoms with Crippen molar-refractivity contribution in [2.75, 3.05) is 23.9 Å². The molecule has 4 rings (SSSR count). The molecule has 2 aliphatic rings. The number of ether oxygens (including phenoxy) is 1. The van der Waals surface area contributed by atoms with Gasteiger partial charge in [0.1, 0.15) is 11.9 Å². The molecule has 2 aromatic carbocycles. The highest BCUT2D eigenvalue weighted by molar-refractivity contribution is 7.93. The SMILES string of the molecule is CCC(=N)N1CCC(Oc2ccc(S(=O)(=O)N(C(C)=O)c3ccc4c(c3)CN(C(=N)N)CC4)cc2)CC1. The minimum Gasteiger partial charge on any atom is -0.490 e. The van der Waals surface area contributed by atoms with Gasteiger partial charge in [0, 0.05) is 52.4 Å². The number of piperidine rings is 1. The van der Waals surface area contributed by atoms with Crippen LogP contribution in [-0.2, 0) is 27.8 Å². The normalized spacial score (nSPS) is 16.2. The second-order valence-electron chi connectivity index (χ2n) is 9.37. The van der Waals surface area contributed by atoms with E-state index in [-0.39, 0.29) is 22.6 Å². The molecule has 2 heterocycles. The van der Waals surface area contributed by atoms with Crippen LogP contribution in [0.3, 0.4) is 0 Å². The Balaban J connectivity index is 1.50. The number of benzene rings is 2. The number of amides is 1. The molecular formula is C26H34N6O4S. The Morgan fingerprint density at radius 3 is 2.32 bits per heavy atom. The first-order valence-electron chi connectivity index (χ1n) is 12.5. The monoisotopic (exact) mass is 526 g/mol. The van der Waals surface area contributed by atoms with Crippen LogP contribution < -0.4 is 14.8 Å². The molecule has 37 heavy (non-hydrogen) atoms. The summed E-state index contributed by atoms with van der Waals surface area (Å²) in [4.78, 5) is 16.3. The number of hydrogen-bond donors (Lipinski definition) is 3. The van der Waals surface area contributed by atoms with Crippen LogP contribution in [0.4, 0.5) is 5.69 Å². The molecular weight excluding hydrogens is 492 g/mol. The quantitative estimate of drug-likeness (QED) is 0.388. The second kappa shape index (κ2) is 10.8. The number of sulfonamides is 1. The Hall–Kier alpha value is -3.60. The summed E-state index contributed by atoms with van der Waals surface area (Å²) in [5, 5.41) is 15.7. The number of hydrogen-bond acceptors (Lipinski definition) is 6. The molecule has 0 unspecified atom stereocenters. The van der Waals surface area contributed by atoms with Crippen LogP contribution in [0.1, 0.15) is 44.2 Å². The van der Waals surface area contributed by atoms with E-state index in [9.17, 15) is 13.2 Å². The molecule has 0 aliphatic carbocycles. The topological polar surface area (TPSA) is 144 Å². The molecule has 0 atom stereocenters. The molecule has 2 aromatic rings. The van der Waals surface area contributed by atoms with E-state index in [1.807, 2.05) is 13.0 Å². The largest absolute Gasteiger partial charge is 0.490 e. The zero-order chi connectivity index (χ0) is 26.7. The number of nitrogens with two attached hydrogens (primary N) is 1. The van der Waals surface area contributed by atoms with Gasteiger partial charge in [-0.3, -0.25) is 15.6 Å². The fourth-order valence-corrected chi connectivity index (χ4v) is 6.24. The molecule has 0 spiro atoms. The average Bonchev–Trinajstić information content (AvgIpc) is 2.88. The summed E-state index contributed by atoms with van der Waals surface area (Å²) in [5.41, 5.74) is 7.77. The number of carbonyl (C=O) groups excluding carboxylic acids is 1. The van der Waals surface area contributed by atoms with Crippen LogP contribution in [0.2, 0.25) is 0 Å². The summed E-state index contributed by atoms with van der Waals surface area (Å²) in [6.07, 6.45) is 2.98. The van der Waals surface area contributed by atoms with Gasteiger partial charge in [-0.1, -0.05) is 13.0 Å². The zero-order valence-corrected chi connectivity index (χ0v) is 22.1. The van der Waals surface area contributed by atoms with Gasteiger partial charge in [-0.25, -0.2) is 12.7 Å². The third-order valence-electron chi connectivity index (χ3n) is 6.89. The van der Waals surface area contributed by atoms with Crippen LogP contribution in [0.25, 0.3) is 0 Å². The summed E-state index contributed by atoms with van der Waals surface area (Å²) >= 11 is 0. The van der Waals surface area contributed by atoms with Crippen molar-refractivity contribution < 1.29 is 17.9 Å². The molecule has 1 amide bonds. The molecule has 0 radical (unpaired) electrons. The summed E-state index contributed by atoms with van der Waals surface area (Å²) in [6.45, 7) is 5.73. The number of amidine groups is 1. The van der Waals surface area contributed by atoms with Crippen molar-refractivity contribution in [3.8, 4) is 5.75 Å². The summed E-state index contributed by atoms with van der Waals surface area (Å²) < 4.78 is 33.9. The van der Waals surface area contributed by atoms with Gasteiger partial charge in [0.15, 0.2) is 5.96 Å². The van der Waals surface area contributed by atoms with Crippen molar-refractivity contribution in [3.05, 3.63) is 53.6 Å². The lowest BCUT2D eigenvalue weighted by Gasteiger charge is -2.33. The molecule has 1 saturated heterocycles. The van der Waals surface area contributed by atoms with Crippen LogP contribution in [0.15, 0.2) is 47.4 Å². The third kappa shape index (κ3) is 5.71. The Bertz CT molecular complexity index is 1290. The van der Waals surface area contributed by atoms with E-state index in [0.29, 0.717) is 37.5 Å². The van der Waals surface area contributed by atoms with E-state index < -0.39 is 15.9 Å². The minimum atomic E-state index is -4.16. The smallest absolute Gasteiger partial charge is 0.270 e. The molecule has 4 N–H and O–H groups in total. The van der Waals surface area contributed by atoms with Gasteiger partial charge in [0.25, 0.3) is 10.0 Å². The van der Waals surface area contributed by atoms with Gasteiger partial charge in [-0.05, 0) is 53.9 Å². The van der Waals surface area contributed by atoms with Crippen molar-refractivity contribution in [2.24, 2.45) is 5.73 Å². The minimum absolute atomic E-state index is 0.00199. The first-order valence-corrected chi connectivity index (χ1v) is 13.9. The van der Waals surface area contributed by atoms with Gasteiger partial charge in [0.05, 0.1) is 16.4 Å². The lowest BCUT2D eigenvalue weighted by atomic mass is 9.99. The highest BCUT2D eigenvalue weighted by Crippen LogP contribution is 2.30. The molecule has 1 fully saturated rings. The summed E-state index contributed by atoms with van der Waals surface area (Å²) in [7, 11) is -4.16. The number of nitrogens with zero attached hydrogens (tertiary/aromatic N) is 3. The van der Waals surface area contributed by atoms with Gasteiger partial charge in [-0.2, -0.15) is 0 Å². The zero-order valence-electron chi connectivity index (χ0n) is 21.2. The van der Waals surface area contributed by atoms with E-state index in [0.717, 1.165) is 41.4 Å². The van der Waals surface area contributed by atoms with Crippen molar-refractivity contribution >= 4 is 33.4 Å². The number of anilines is 1. The van der Waals surface area contributed by atoms with E-state index in [4.69, 9.17) is 21.3 Å². The Morgan fingerprint density at radius 2 is 1.73 bits per heavy atom. The van der Waals surface area contributed by atoms with Gasteiger partial charge >= 0.3 is 0 Å². The number of fused-ring (bicyclic) bond motifs is 1. The summed E-state index contributed by atoms with van der Waals surface area (Å²) in [5.74, 6) is 0.540. The van der Waals surface area contributed by atoms with Crippen LogP contribution >= 0.6 is 0 Å². The molecule has 0 bridgehead atoms. The fourth-order valence-electron chi connectivity index (χ4n) is 4.82. The molecule has 10 nitrogen and oxygen atoms in total. The van der Waals surface area contributed by atoms with Crippen molar-refractivity contribution in [1.29, 1.82) is 10.8 Å². The number of likely N-dealkylation sites (tertiary alicyclic amines) is 1. The molecule has 0 saturated carbocycles. The van der Waals surface area contributed by atoms with Gasteiger partial charge in [0.2, 0.25) is 5.91 Å². The Labute approximate surface area is 218 Å². The van der Waals surface area contributed by atoms with Crippen molar-refractivity contribution in [3.63, 3.8) is 0 Å². The lowest BCUT2D eigenvalue weighted by molar-refractivity contribution is -0.115. The first kappa shape index (κ1) is 26.5. The van der Waals surface area contributed by atoms with Gasteiger partial charge < -0.3 is 20.3 Å². The third-order valence-corrected chi connectivity index (χ3v) is 8.70. The predicted octanol–water partition coefficient (Wildman–Crippen LogP) is 2.91. The predicted molar refractivity (Wildman–Crippen MR) is 142 cm³/mol. The average molecular weight is 527 g/mol. The van der Waals surface area contributed by atoms with Crippen molar-refractivity contribution in [1.82, 2.24) is 9.80 Å². The Kier molecular flexibility index (Phi) is 7.72. The van der Waals surface area contributed by atoms with Crippen LogP contribution in [0, 0.1) is 10.8 Å². The van der Waals surface area contributed by atoms with E-state index in [1.165, 1.54) is 19.1 Å². The van der Waals surface area contributed by atoms with E-state index in [2.05, 4.69) is 4.90 Å². The number of nitrogens with one attached hydrogen (secondary N) is 2. The number of rotatable bonds is 6. The Morgan fingerprint density at radius 1 is 1.05 bits per heavy atom. The van der Waals surface area contributed by atoms with E-state index >= 15 is 0 Å². The maximum atomic E-state index is 13.5. The van der Waals surface area contributed by atoms with Crippen LogP contribution in [0.5, 0.6) is 5.75 Å². The standard InChI is InChI=1S/C26H34N6O4S/c1-3-25(27)30-14-11-23(12-15-30)36-22-6-8-24(9-7-22)37(34,35)32(18(2)33)21-5-4-19-10-13-31(26(28)29)17-20(19)16-21/h4-9,16,23,27H,3,10-15,17H2,1-2H3,(H3,28,29). The maximum Gasteiger partial charge on any atom is 0.270 e. The number of guanidine groups is 1. The van der Waals surface area contributed by atoms with E-state index in [1.54, 1.807) is 29.2 Å². The maximum absolute atomic E-state index is 13.5. The van der Waals surface area contributed by atoms with Crippen molar-refractivity contribution in [2.45, 2.75) is 57.1 Å². The lowest BCUT2D eigenvalue weighted by Crippen LogP contribution is -2.41. The highest BCUT2D eigenvalue weighted by Gasteiger charge is 2.30. The molecule has 0 aromatic heterocycles. The molecule has 11 heteroatoms. The number of carbonyl (C=O) groups is 1. The summed E-state index contributed by atoms with van der Waals surface area (Å²) in [6, 6.07) is 11.3. The fraction of sp³-hybridized carbons (Fsp3) is 0.423. The van der Waals surface area contributed by atoms with Gasteiger partial charge in [-0.15, -0.1) is 0 Å². The molecule has 2 aliphatic heterocycles.